The van der Waals surface area contributed by atoms with Gasteiger partial charge in [0.15, 0.2) is 11.6 Å². The molecule has 0 amide bonds. The van der Waals surface area contributed by atoms with E-state index in [2.05, 4.69) is 20.4 Å². The Labute approximate surface area is 151 Å². The molecule has 0 aliphatic heterocycles. The van der Waals surface area contributed by atoms with Gasteiger partial charge in [-0.15, -0.1) is 10.2 Å². The normalized spacial score (nSPS) is 11.3. The second-order valence-corrected chi connectivity index (χ2v) is 5.98. The van der Waals surface area contributed by atoms with Crippen LogP contribution in [0.4, 0.5) is 11.6 Å². The largest absolute Gasteiger partial charge is 0.213 e. The Morgan fingerprint density at radius 2 is 1.00 bits per heavy atom. The number of nitrogens with zero attached hydrogens (tertiary/aromatic N) is 6. The highest BCUT2D eigenvalue weighted by Crippen LogP contribution is 2.25. The highest BCUT2D eigenvalue weighted by atomic mass is 15.4. The minimum absolute atomic E-state index is 0.673. The topological polar surface area (TPSA) is 60.4 Å². The van der Waals surface area contributed by atoms with Crippen LogP contribution in [0.1, 0.15) is 11.4 Å². The maximum absolute atomic E-state index is 4.52. The van der Waals surface area contributed by atoms with Gasteiger partial charge in [0, 0.05) is 12.1 Å². The number of azo groups is 1. The zero-order valence-corrected chi connectivity index (χ0v) is 14.6. The third-order valence-corrected chi connectivity index (χ3v) is 3.88. The van der Waals surface area contributed by atoms with Crippen LogP contribution in [0, 0.1) is 13.8 Å². The summed E-state index contributed by atoms with van der Waals surface area (Å²) in [5.74, 6) is 1.35. The number of hydrogen-bond acceptors (Lipinski definition) is 4. The first-order valence-corrected chi connectivity index (χ1v) is 8.36. The Bertz CT molecular complexity index is 959. The molecule has 6 heteroatoms. The van der Waals surface area contributed by atoms with Crippen molar-refractivity contribution in [3.63, 3.8) is 0 Å². The van der Waals surface area contributed by atoms with Gasteiger partial charge in [0.05, 0.1) is 22.8 Å². The number of rotatable bonds is 4. The SMILES string of the molecule is Cc1cc(/N=N/c2cc(C)nn2-c2ccccc2)n(-c2ccccc2)n1. The highest BCUT2D eigenvalue weighted by molar-refractivity contribution is 5.44. The van der Waals surface area contributed by atoms with Gasteiger partial charge in [-0.25, -0.2) is 9.36 Å². The van der Waals surface area contributed by atoms with E-state index in [9.17, 15) is 0 Å². The van der Waals surface area contributed by atoms with Gasteiger partial charge in [-0.05, 0) is 38.1 Å². The van der Waals surface area contributed by atoms with Crippen LogP contribution in [0.15, 0.2) is 83.0 Å². The summed E-state index contributed by atoms with van der Waals surface area (Å²) < 4.78 is 3.57. The molecule has 0 aliphatic carbocycles. The van der Waals surface area contributed by atoms with Crippen LogP contribution in [0.3, 0.4) is 0 Å². The van der Waals surface area contributed by atoms with Gasteiger partial charge < -0.3 is 0 Å². The summed E-state index contributed by atoms with van der Waals surface area (Å²) in [6.45, 7) is 3.88. The summed E-state index contributed by atoms with van der Waals surface area (Å²) >= 11 is 0. The molecule has 0 N–H and O–H groups in total. The molecule has 0 bridgehead atoms. The van der Waals surface area contributed by atoms with Crippen molar-refractivity contribution in [3.8, 4) is 11.4 Å². The van der Waals surface area contributed by atoms with E-state index in [1.165, 1.54) is 0 Å². The minimum atomic E-state index is 0.673. The summed E-state index contributed by atoms with van der Waals surface area (Å²) in [6.07, 6.45) is 0. The summed E-state index contributed by atoms with van der Waals surface area (Å²) in [4.78, 5) is 0. The van der Waals surface area contributed by atoms with Gasteiger partial charge in [0.1, 0.15) is 0 Å². The molecular formula is C20H18N6. The molecule has 128 valence electrons. The summed E-state index contributed by atoms with van der Waals surface area (Å²) in [5, 5.41) is 17.9. The molecule has 0 unspecified atom stereocenters. The van der Waals surface area contributed by atoms with Crippen LogP contribution in [-0.4, -0.2) is 19.6 Å². The average Bonchev–Trinajstić information content (AvgIpc) is 3.23. The number of hydrogen-bond donors (Lipinski definition) is 0. The molecule has 2 aromatic carbocycles. The Hall–Kier alpha value is -3.54. The fraction of sp³-hybridized carbons (Fsp3) is 0.100. The van der Waals surface area contributed by atoms with Gasteiger partial charge in [-0.1, -0.05) is 36.4 Å². The molecule has 0 aliphatic rings. The average molecular weight is 342 g/mol. The van der Waals surface area contributed by atoms with E-state index in [1.807, 2.05) is 86.6 Å². The fourth-order valence-electron chi connectivity index (χ4n) is 2.73. The fourth-order valence-corrected chi connectivity index (χ4v) is 2.73. The number of aromatic nitrogens is 4. The van der Waals surface area contributed by atoms with Crippen LogP contribution >= 0.6 is 0 Å². The van der Waals surface area contributed by atoms with E-state index in [-0.39, 0.29) is 0 Å². The summed E-state index contributed by atoms with van der Waals surface area (Å²) in [5.41, 5.74) is 3.66. The number of benzene rings is 2. The zero-order chi connectivity index (χ0) is 17.9. The van der Waals surface area contributed by atoms with Crippen molar-refractivity contribution in [2.75, 3.05) is 0 Å². The Balaban J connectivity index is 1.73. The lowest BCUT2D eigenvalue weighted by Gasteiger charge is -2.04. The Morgan fingerprint density at radius 3 is 1.38 bits per heavy atom. The Kier molecular flexibility index (Phi) is 4.15. The molecule has 0 atom stereocenters. The summed E-state index contributed by atoms with van der Waals surface area (Å²) in [6, 6.07) is 23.6. The highest BCUT2D eigenvalue weighted by Gasteiger charge is 2.09. The molecule has 4 rings (SSSR count). The van der Waals surface area contributed by atoms with Crippen molar-refractivity contribution >= 4 is 11.6 Å². The predicted octanol–water partition coefficient (Wildman–Crippen LogP) is 5.09. The lowest BCUT2D eigenvalue weighted by atomic mass is 10.3. The molecule has 0 saturated carbocycles. The van der Waals surface area contributed by atoms with E-state index >= 15 is 0 Å². The third kappa shape index (κ3) is 3.17. The number of aryl methyl sites for hydroxylation is 2. The molecule has 0 fully saturated rings. The van der Waals surface area contributed by atoms with Crippen molar-refractivity contribution in [1.29, 1.82) is 0 Å². The second kappa shape index (κ2) is 6.76. The molecule has 4 aromatic rings. The first-order valence-electron chi connectivity index (χ1n) is 8.36. The van der Waals surface area contributed by atoms with Gasteiger partial charge in [0.25, 0.3) is 0 Å². The van der Waals surface area contributed by atoms with Crippen molar-refractivity contribution in [2.24, 2.45) is 10.2 Å². The first-order chi connectivity index (χ1) is 12.7. The monoisotopic (exact) mass is 342 g/mol. The number of para-hydroxylation sites is 2. The van der Waals surface area contributed by atoms with Crippen molar-refractivity contribution in [2.45, 2.75) is 13.8 Å². The van der Waals surface area contributed by atoms with Gasteiger partial charge >= 0.3 is 0 Å². The molecule has 6 nitrogen and oxygen atoms in total. The van der Waals surface area contributed by atoms with Gasteiger partial charge in [-0.2, -0.15) is 10.2 Å². The van der Waals surface area contributed by atoms with E-state index in [0.717, 1.165) is 22.8 Å². The van der Waals surface area contributed by atoms with Crippen LogP contribution in [0.2, 0.25) is 0 Å². The maximum Gasteiger partial charge on any atom is 0.178 e. The van der Waals surface area contributed by atoms with E-state index < -0.39 is 0 Å². The van der Waals surface area contributed by atoms with E-state index in [1.54, 1.807) is 9.36 Å². The van der Waals surface area contributed by atoms with Crippen molar-refractivity contribution in [3.05, 3.63) is 84.2 Å². The lowest BCUT2D eigenvalue weighted by molar-refractivity contribution is 0.837. The molecule has 26 heavy (non-hydrogen) atoms. The maximum atomic E-state index is 4.52. The smallest absolute Gasteiger partial charge is 0.178 e. The second-order valence-electron chi connectivity index (χ2n) is 5.98. The van der Waals surface area contributed by atoms with Crippen LogP contribution in [0.25, 0.3) is 11.4 Å². The lowest BCUT2D eigenvalue weighted by Crippen LogP contribution is -1.96. The summed E-state index contributed by atoms with van der Waals surface area (Å²) in [7, 11) is 0. The Morgan fingerprint density at radius 1 is 0.615 bits per heavy atom. The van der Waals surface area contributed by atoms with E-state index in [4.69, 9.17) is 0 Å². The van der Waals surface area contributed by atoms with Crippen LogP contribution < -0.4 is 0 Å². The molecule has 0 saturated heterocycles. The standard InChI is InChI=1S/C20H18N6/c1-15-13-19(25(23-15)17-9-5-3-6-10-17)21-22-20-14-16(2)24-26(20)18-11-7-4-8-12-18/h3-14H,1-2H3/b22-21+. The van der Waals surface area contributed by atoms with Crippen molar-refractivity contribution in [1.82, 2.24) is 19.6 Å². The third-order valence-electron chi connectivity index (χ3n) is 3.88. The molecule has 2 aromatic heterocycles. The van der Waals surface area contributed by atoms with Crippen molar-refractivity contribution < 1.29 is 0 Å². The quantitative estimate of drug-likeness (QED) is 0.485. The van der Waals surface area contributed by atoms with Crippen LogP contribution in [0.5, 0.6) is 0 Å². The van der Waals surface area contributed by atoms with Crippen LogP contribution in [-0.2, 0) is 0 Å². The molecule has 0 spiro atoms. The molecular weight excluding hydrogens is 324 g/mol. The minimum Gasteiger partial charge on any atom is -0.213 e. The molecule has 2 heterocycles. The zero-order valence-electron chi connectivity index (χ0n) is 14.6. The predicted molar refractivity (Wildman–Crippen MR) is 101 cm³/mol. The molecule has 0 radical (unpaired) electrons. The van der Waals surface area contributed by atoms with Gasteiger partial charge in [-0.3, -0.25) is 0 Å². The first kappa shape index (κ1) is 16.0. The van der Waals surface area contributed by atoms with E-state index in [0.29, 0.717) is 11.6 Å². The van der Waals surface area contributed by atoms with Gasteiger partial charge in [0.2, 0.25) is 0 Å².